The molecule has 0 atom stereocenters. The van der Waals surface area contributed by atoms with Crippen LogP contribution in [-0.4, -0.2) is 29.0 Å². The van der Waals surface area contributed by atoms with Crippen LogP contribution in [-0.2, 0) is 11.3 Å². The molecule has 0 aromatic heterocycles. The van der Waals surface area contributed by atoms with Gasteiger partial charge in [-0.25, -0.2) is 8.78 Å². The maximum absolute atomic E-state index is 13.2. The van der Waals surface area contributed by atoms with E-state index in [-0.39, 0.29) is 13.1 Å². The molecule has 0 saturated carbocycles. The van der Waals surface area contributed by atoms with Crippen LogP contribution in [0.3, 0.4) is 0 Å². The van der Waals surface area contributed by atoms with Crippen molar-refractivity contribution in [2.24, 2.45) is 5.73 Å². The van der Waals surface area contributed by atoms with Gasteiger partial charge < -0.3 is 10.8 Å². The lowest BCUT2D eigenvalue weighted by atomic mass is 10.1. The molecule has 3 N–H and O–H groups in total. The van der Waals surface area contributed by atoms with E-state index in [1.807, 2.05) is 6.92 Å². The normalized spacial score (nSPS) is 10.9. The Labute approximate surface area is 110 Å². The van der Waals surface area contributed by atoms with Crippen molar-refractivity contribution in [3.8, 4) is 5.75 Å². The maximum atomic E-state index is 13.2. The molecule has 1 aromatic carbocycles. The molecule has 1 rings (SSSR count). The van der Waals surface area contributed by atoms with Crippen molar-refractivity contribution in [3.63, 3.8) is 0 Å². The standard InChI is InChI=1S/C13H18F2N2O2/c1-2-3-4-17(8-12(16)18)7-9-5-10(14)13(19)11(15)6-9/h5-6,19H,2-4,7-8H2,1H3,(H2,16,18). The summed E-state index contributed by atoms with van der Waals surface area (Å²) in [5.41, 5.74) is 5.49. The highest BCUT2D eigenvalue weighted by Crippen LogP contribution is 2.22. The Morgan fingerprint density at radius 1 is 1.37 bits per heavy atom. The largest absolute Gasteiger partial charge is 0.503 e. The summed E-state index contributed by atoms with van der Waals surface area (Å²) in [6, 6.07) is 2.11. The van der Waals surface area contributed by atoms with Gasteiger partial charge in [0.1, 0.15) is 0 Å². The highest BCUT2D eigenvalue weighted by Gasteiger charge is 2.13. The molecule has 1 amide bonds. The Hall–Kier alpha value is -1.69. The number of carbonyl (C=O) groups is 1. The summed E-state index contributed by atoms with van der Waals surface area (Å²) in [7, 11) is 0. The van der Waals surface area contributed by atoms with E-state index in [1.165, 1.54) is 0 Å². The van der Waals surface area contributed by atoms with E-state index in [0.29, 0.717) is 12.1 Å². The number of hydrogen-bond acceptors (Lipinski definition) is 3. The van der Waals surface area contributed by atoms with Gasteiger partial charge in [0.05, 0.1) is 6.54 Å². The number of carbonyl (C=O) groups excluding carboxylic acids is 1. The van der Waals surface area contributed by atoms with Crippen molar-refractivity contribution in [1.82, 2.24) is 4.90 Å². The smallest absolute Gasteiger partial charge is 0.231 e. The second kappa shape index (κ2) is 7.04. The van der Waals surface area contributed by atoms with Crippen molar-refractivity contribution in [1.29, 1.82) is 0 Å². The second-order valence-electron chi connectivity index (χ2n) is 4.44. The summed E-state index contributed by atoms with van der Waals surface area (Å²) in [4.78, 5) is 12.7. The summed E-state index contributed by atoms with van der Waals surface area (Å²) in [5.74, 6) is -3.50. The van der Waals surface area contributed by atoms with E-state index >= 15 is 0 Å². The van der Waals surface area contributed by atoms with Crippen LogP contribution in [0.25, 0.3) is 0 Å². The van der Waals surface area contributed by atoms with Crippen LogP contribution >= 0.6 is 0 Å². The van der Waals surface area contributed by atoms with Gasteiger partial charge in [-0.1, -0.05) is 13.3 Å². The summed E-state index contributed by atoms with van der Waals surface area (Å²) in [6.07, 6.45) is 1.80. The van der Waals surface area contributed by atoms with Crippen molar-refractivity contribution in [2.45, 2.75) is 26.3 Å². The molecule has 0 spiro atoms. The van der Waals surface area contributed by atoms with Crippen LogP contribution in [0.15, 0.2) is 12.1 Å². The first-order valence-corrected chi connectivity index (χ1v) is 6.11. The van der Waals surface area contributed by atoms with Crippen LogP contribution in [0.2, 0.25) is 0 Å². The Morgan fingerprint density at radius 2 is 1.95 bits per heavy atom. The Bertz CT molecular complexity index is 429. The quantitative estimate of drug-likeness (QED) is 0.794. The van der Waals surface area contributed by atoms with Gasteiger partial charge in [0, 0.05) is 6.54 Å². The summed E-state index contributed by atoms with van der Waals surface area (Å²) in [5, 5.41) is 9.01. The van der Waals surface area contributed by atoms with Crippen molar-refractivity contribution in [2.75, 3.05) is 13.1 Å². The number of hydrogen-bond donors (Lipinski definition) is 2. The number of rotatable bonds is 7. The number of benzene rings is 1. The van der Waals surface area contributed by atoms with Crippen LogP contribution in [0, 0.1) is 11.6 Å². The van der Waals surface area contributed by atoms with Gasteiger partial charge in [0.2, 0.25) is 5.91 Å². The third-order valence-electron chi connectivity index (χ3n) is 2.69. The van der Waals surface area contributed by atoms with E-state index in [1.54, 1.807) is 4.90 Å². The lowest BCUT2D eigenvalue weighted by molar-refractivity contribution is -0.119. The number of halogens is 2. The number of aromatic hydroxyl groups is 1. The van der Waals surface area contributed by atoms with Gasteiger partial charge in [0.15, 0.2) is 17.4 Å². The summed E-state index contributed by atoms with van der Waals surface area (Å²) >= 11 is 0. The van der Waals surface area contributed by atoms with E-state index < -0.39 is 23.3 Å². The second-order valence-corrected chi connectivity index (χ2v) is 4.44. The molecule has 0 radical (unpaired) electrons. The number of phenolic OH excluding ortho intramolecular Hbond substituents is 1. The molecule has 0 aliphatic carbocycles. The average Bonchev–Trinajstić information content (AvgIpc) is 2.32. The average molecular weight is 272 g/mol. The zero-order chi connectivity index (χ0) is 14.4. The zero-order valence-electron chi connectivity index (χ0n) is 10.8. The fourth-order valence-electron chi connectivity index (χ4n) is 1.78. The number of nitrogens with two attached hydrogens (primary N) is 1. The number of amides is 1. The molecule has 6 heteroatoms. The van der Waals surface area contributed by atoms with Crippen molar-refractivity contribution >= 4 is 5.91 Å². The van der Waals surface area contributed by atoms with Crippen LogP contribution in [0.5, 0.6) is 5.75 Å². The molecule has 0 saturated heterocycles. The number of nitrogens with zero attached hydrogens (tertiary/aromatic N) is 1. The van der Waals surface area contributed by atoms with E-state index in [4.69, 9.17) is 10.8 Å². The van der Waals surface area contributed by atoms with Gasteiger partial charge in [-0.2, -0.15) is 0 Å². The van der Waals surface area contributed by atoms with Gasteiger partial charge in [-0.15, -0.1) is 0 Å². The fourth-order valence-corrected chi connectivity index (χ4v) is 1.78. The minimum Gasteiger partial charge on any atom is -0.503 e. The van der Waals surface area contributed by atoms with Crippen LogP contribution in [0.1, 0.15) is 25.3 Å². The first-order chi connectivity index (χ1) is 8.93. The third-order valence-corrected chi connectivity index (χ3v) is 2.69. The molecule has 0 bridgehead atoms. The van der Waals surface area contributed by atoms with Crippen molar-refractivity contribution < 1.29 is 18.7 Å². The molecule has 1 aromatic rings. The monoisotopic (exact) mass is 272 g/mol. The zero-order valence-corrected chi connectivity index (χ0v) is 10.8. The summed E-state index contributed by atoms with van der Waals surface area (Å²) < 4.78 is 26.4. The lowest BCUT2D eigenvalue weighted by Crippen LogP contribution is -2.34. The first-order valence-electron chi connectivity index (χ1n) is 6.11. The molecule has 4 nitrogen and oxygen atoms in total. The molecule has 106 valence electrons. The van der Waals surface area contributed by atoms with Gasteiger partial charge >= 0.3 is 0 Å². The van der Waals surface area contributed by atoms with E-state index in [0.717, 1.165) is 25.0 Å². The molecule has 0 unspecified atom stereocenters. The van der Waals surface area contributed by atoms with Gasteiger partial charge in [0.25, 0.3) is 0 Å². The molecule has 0 fully saturated rings. The molecule has 0 aliphatic rings. The predicted molar refractivity (Wildman–Crippen MR) is 67.4 cm³/mol. The highest BCUT2D eigenvalue weighted by atomic mass is 19.1. The first kappa shape index (κ1) is 15.4. The molecular weight excluding hydrogens is 254 g/mol. The number of primary amides is 1. The maximum Gasteiger partial charge on any atom is 0.231 e. The fraction of sp³-hybridized carbons (Fsp3) is 0.462. The van der Waals surface area contributed by atoms with Gasteiger partial charge in [-0.3, -0.25) is 9.69 Å². The minimum absolute atomic E-state index is 0.0319. The molecular formula is C13H18F2N2O2. The Morgan fingerprint density at radius 3 is 2.42 bits per heavy atom. The molecule has 0 heterocycles. The Kier molecular flexibility index (Phi) is 5.69. The van der Waals surface area contributed by atoms with Crippen molar-refractivity contribution in [3.05, 3.63) is 29.3 Å². The SMILES string of the molecule is CCCCN(CC(N)=O)Cc1cc(F)c(O)c(F)c1. The summed E-state index contributed by atoms with van der Waals surface area (Å²) in [6.45, 7) is 2.85. The number of unbranched alkanes of at least 4 members (excludes halogenated alkanes) is 1. The van der Waals surface area contributed by atoms with Gasteiger partial charge in [-0.05, 0) is 30.7 Å². The molecule has 0 aliphatic heterocycles. The predicted octanol–water partition coefficient (Wildman–Crippen LogP) is 1.76. The minimum atomic E-state index is -1.01. The molecule has 19 heavy (non-hydrogen) atoms. The van der Waals surface area contributed by atoms with Crippen LogP contribution in [0.4, 0.5) is 8.78 Å². The van der Waals surface area contributed by atoms with Crippen LogP contribution < -0.4 is 5.73 Å². The third kappa shape index (κ3) is 4.82. The van der Waals surface area contributed by atoms with E-state index in [9.17, 15) is 13.6 Å². The highest BCUT2D eigenvalue weighted by molar-refractivity contribution is 5.75. The topological polar surface area (TPSA) is 66.6 Å². The number of phenols is 1. The Balaban J connectivity index is 2.80. The lowest BCUT2D eigenvalue weighted by Gasteiger charge is -2.20. The van der Waals surface area contributed by atoms with E-state index in [2.05, 4.69) is 0 Å².